The van der Waals surface area contributed by atoms with Gasteiger partial charge in [-0.15, -0.1) is 23.1 Å². The van der Waals surface area contributed by atoms with Gasteiger partial charge in [0.15, 0.2) is 5.78 Å². The van der Waals surface area contributed by atoms with Gasteiger partial charge in [0.2, 0.25) is 5.91 Å². The minimum absolute atomic E-state index is 0.0600. The van der Waals surface area contributed by atoms with Crippen LogP contribution in [0.15, 0.2) is 47.1 Å². The molecule has 3 rings (SSSR count). The number of rotatable bonds is 7. The van der Waals surface area contributed by atoms with Crippen molar-refractivity contribution in [2.75, 3.05) is 11.1 Å². The summed E-state index contributed by atoms with van der Waals surface area (Å²) in [5.74, 6) is 0.652. The van der Waals surface area contributed by atoms with Crippen molar-refractivity contribution in [2.24, 2.45) is 0 Å². The zero-order chi connectivity index (χ0) is 17.6. The summed E-state index contributed by atoms with van der Waals surface area (Å²) in [6.45, 7) is 1.49. The van der Waals surface area contributed by atoms with Gasteiger partial charge in [-0.25, -0.2) is 9.97 Å². The van der Waals surface area contributed by atoms with Crippen LogP contribution in [0.4, 0.5) is 5.69 Å². The number of anilines is 1. The van der Waals surface area contributed by atoms with Gasteiger partial charge in [-0.3, -0.25) is 9.59 Å². The highest BCUT2D eigenvalue weighted by atomic mass is 32.2. The Morgan fingerprint density at radius 3 is 2.88 bits per heavy atom. The van der Waals surface area contributed by atoms with Crippen molar-refractivity contribution in [2.45, 2.75) is 24.8 Å². The number of thiophene rings is 1. The monoisotopic (exact) mass is 371 g/mol. The number of nitrogens with one attached hydrogen (secondary N) is 1. The Kier molecular flexibility index (Phi) is 5.78. The molecule has 2 heterocycles. The van der Waals surface area contributed by atoms with Crippen molar-refractivity contribution in [3.63, 3.8) is 0 Å². The smallest absolute Gasteiger partial charge is 0.224 e. The first-order valence-electron chi connectivity index (χ1n) is 7.86. The maximum Gasteiger partial charge on any atom is 0.224 e. The Balaban J connectivity index is 1.50. The fourth-order valence-corrected chi connectivity index (χ4v) is 4.27. The minimum atomic E-state index is -0.0849. The summed E-state index contributed by atoms with van der Waals surface area (Å²) < 4.78 is 1.09. The van der Waals surface area contributed by atoms with Crippen molar-refractivity contribution < 1.29 is 9.59 Å². The number of fused-ring (bicyclic) bond motifs is 1. The molecule has 5 nitrogen and oxygen atoms in total. The highest BCUT2D eigenvalue weighted by molar-refractivity contribution is 7.99. The van der Waals surface area contributed by atoms with Crippen LogP contribution in [-0.2, 0) is 4.79 Å². The van der Waals surface area contributed by atoms with Crippen LogP contribution in [0.1, 0.15) is 30.1 Å². The lowest BCUT2D eigenvalue weighted by atomic mass is 10.1. The van der Waals surface area contributed by atoms with E-state index in [0.29, 0.717) is 17.7 Å². The summed E-state index contributed by atoms with van der Waals surface area (Å²) in [5, 5.41) is 5.79. The normalized spacial score (nSPS) is 10.8. The zero-order valence-electron chi connectivity index (χ0n) is 13.7. The third-order valence-corrected chi connectivity index (χ3v) is 5.69. The van der Waals surface area contributed by atoms with Crippen molar-refractivity contribution >= 4 is 50.7 Å². The fourth-order valence-electron chi connectivity index (χ4n) is 2.38. The first-order valence-corrected chi connectivity index (χ1v) is 9.72. The molecular formula is C18H17N3O2S2. The molecule has 0 bridgehead atoms. The Hall–Kier alpha value is -2.25. The second-order valence-electron chi connectivity index (χ2n) is 5.42. The summed E-state index contributed by atoms with van der Waals surface area (Å²) in [6.07, 6.45) is 2.70. The molecule has 25 heavy (non-hydrogen) atoms. The Bertz CT molecular complexity index is 908. The molecule has 0 aliphatic rings. The molecule has 1 amide bonds. The first kappa shape index (κ1) is 17.6. The van der Waals surface area contributed by atoms with E-state index < -0.39 is 0 Å². The molecule has 3 aromatic rings. The van der Waals surface area contributed by atoms with Gasteiger partial charge in [-0.05, 0) is 36.9 Å². The van der Waals surface area contributed by atoms with E-state index in [-0.39, 0.29) is 11.7 Å². The van der Waals surface area contributed by atoms with Crippen molar-refractivity contribution in [3.05, 3.63) is 47.6 Å². The summed E-state index contributed by atoms with van der Waals surface area (Å²) in [7, 11) is 0. The molecule has 0 atom stereocenters. The van der Waals surface area contributed by atoms with E-state index in [9.17, 15) is 9.59 Å². The number of carbonyl (C=O) groups is 2. The van der Waals surface area contributed by atoms with Gasteiger partial charge in [0.05, 0.1) is 15.9 Å². The predicted molar refractivity (Wildman–Crippen MR) is 102 cm³/mol. The molecule has 0 aliphatic heterocycles. The predicted octanol–water partition coefficient (Wildman–Crippen LogP) is 4.40. The molecule has 2 aromatic heterocycles. The highest BCUT2D eigenvalue weighted by Crippen LogP contribution is 2.29. The number of hydrogen-bond donors (Lipinski definition) is 1. The number of thioether (sulfide) groups is 1. The molecule has 0 aliphatic carbocycles. The number of aromatic nitrogens is 2. The molecule has 0 unspecified atom stereocenters. The number of carbonyl (C=O) groups excluding carboxylic acids is 2. The van der Waals surface area contributed by atoms with Crippen LogP contribution in [-0.4, -0.2) is 27.4 Å². The quantitative estimate of drug-likeness (QED) is 0.288. The second kappa shape index (κ2) is 8.22. The Morgan fingerprint density at radius 1 is 1.20 bits per heavy atom. The number of amides is 1. The molecule has 128 valence electrons. The van der Waals surface area contributed by atoms with E-state index in [1.54, 1.807) is 53.7 Å². The zero-order valence-corrected chi connectivity index (χ0v) is 15.3. The molecule has 0 spiro atoms. The standard InChI is InChI=1S/C18H17N3O2S2/c1-12(22)13-5-2-3-6-14(13)21-16(23)7-4-9-25-18-17-15(8-10-24-17)19-11-20-18/h2-3,5-6,8,10-11H,4,7,9H2,1H3,(H,21,23). The Labute approximate surface area is 153 Å². The SMILES string of the molecule is CC(=O)c1ccccc1NC(=O)CCCSc1ncnc2ccsc12. The number of Topliss-reactive ketones (excluding diaryl/α,β-unsaturated/α-hetero) is 1. The third kappa shape index (κ3) is 4.43. The number of para-hydroxylation sites is 1. The van der Waals surface area contributed by atoms with Crippen LogP contribution in [0, 0.1) is 0 Å². The van der Waals surface area contributed by atoms with Gasteiger partial charge >= 0.3 is 0 Å². The van der Waals surface area contributed by atoms with Crippen molar-refractivity contribution in [3.8, 4) is 0 Å². The lowest BCUT2D eigenvalue weighted by Gasteiger charge is -2.08. The summed E-state index contributed by atoms with van der Waals surface area (Å²) in [6, 6.07) is 9.04. The second-order valence-corrected chi connectivity index (χ2v) is 7.42. The average Bonchev–Trinajstić information content (AvgIpc) is 3.08. The van der Waals surface area contributed by atoms with Gasteiger partial charge in [0.1, 0.15) is 11.4 Å². The average molecular weight is 371 g/mol. The van der Waals surface area contributed by atoms with Gasteiger partial charge in [-0.2, -0.15) is 0 Å². The third-order valence-electron chi connectivity index (χ3n) is 3.58. The molecule has 0 saturated carbocycles. The van der Waals surface area contributed by atoms with Crippen molar-refractivity contribution in [1.82, 2.24) is 9.97 Å². The summed E-state index contributed by atoms with van der Waals surface area (Å²) in [4.78, 5) is 32.2. The van der Waals surface area contributed by atoms with E-state index in [2.05, 4.69) is 15.3 Å². The first-order chi connectivity index (χ1) is 12.1. The molecule has 1 aromatic carbocycles. The molecular weight excluding hydrogens is 354 g/mol. The lowest BCUT2D eigenvalue weighted by molar-refractivity contribution is -0.116. The maximum atomic E-state index is 12.1. The number of ketones is 1. The molecule has 0 radical (unpaired) electrons. The minimum Gasteiger partial charge on any atom is -0.325 e. The van der Waals surface area contributed by atoms with Gasteiger partial charge in [0, 0.05) is 17.7 Å². The maximum absolute atomic E-state index is 12.1. The Morgan fingerprint density at radius 2 is 2.04 bits per heavy atom. The molecule has 0 saturated heterocycles. The van der Waals surface area contributed by atoms with Gasteiger partial charge < -0.3 is 5.32 Å². The van der Waals surface area contributed by atoms with Crippen LogP contribution in [0.2, 0.25) is 0 Å². The lowest BCUT2D eigenvalue weighted by Crippen LogP contribution is -2.14. The number of nitrogens with zero attached hydrogens (tertiary/aromatic N) is 2. The molecule has 0 fully saturated rings. The van der Waals surface area contributed by atoms with Crippen molar-refractivity contribution in [1.29, 1.82) is 0 Å². The molecule has 1 N–H and O–H groups in total. The highest BCUT2D eigenvalue weighted by Gasteiger charge is 2.10. The summed E-state index contributed by atoms with van der Waals surface area (Å²) in [5.41, 5.74) is 2.07. The van der Waals surface area contributed by atoms with Crippen LogP contribution in [0.5, 0.6) is 0 Å². The van der Waals surface area contributed by atoms with Gasteiger partial charge in [-0.1, -0.05) is 12.1 Å². The van der Waals surface area contributed by atoms with Crippen LogP contribution >= 0.6 is 23.1 Å². The molecule has 7 heteroatoms. The number of benzene rings is 1. The van der Waals surface area contributed by atoms with E-state index >= 15 is 0 Å². The largest absolute Gasteiger partial charge is 0.325 e. The van der Waals surface area contributed by atoms with E-state index in [4.69, 9.17) is 0 Å². The fraction of sp³-hybridized carbons (Fsp3) is 0.222. The van der Waals surface area contributed by atoms with E-state index in [0.717, 1.165) is 27.4 Å². The topological polar surface area (TPSA) is 72.0 Å². The number of hydrogen-bond acceptors (Lipinski definition) is 6. The van der Waals surface area contributed by atoms with Gasteiger partial charge in [0.25, 0.3) is 0 Å². The summed E-state index contributed by atoms with van der Waals surface area (Å²) >= 11 is 3.26. The van der Waals surface area contributed by atoms with Crippen LogP contribution < -0.4 is 5.32 Å². The van der Waals surface area contributed by atoms with Crippen LogP contribution in [0.3, 0.4) is 0 Å². The van der Waals surface area contributed by atoms with E-state index in [1.165, 1.54) is 6.92 Å². The van der Waals surface area contributed by atoms with E-state index in [1.807, 2.05) is 11.4 Å². The van der Waals surface area contributed by atoms with Crippen LogP contribution in [0.25, 0.3) is 10.2 Å².